The van der Waals surface area contributed by atoms with E-state index in [-0.39, 0.29) is 5.97 Å². The van der Waals surface area contributed by atoms with E-state index >= 15 is 0 Å². The van der Waals surface area contributed by atoms with E-state index in [1.165, 1.54) is 5.56 Å². The highest BCUT2D eigenvalue weighted by Crippen LogP contribution is 2.20. The molecule has 2 heterocycles. The van der Waals surface area contributed by atoms with Crippen molar-refractivity contribution in [3.8, 4) is 0 Å². The molecule has 1 N–H and O–H groups in total. The normalized spacial score (nSPS) is 13.6. The van der Waals surface area contributed by atoms with Crippen LogP contribution in [0.3, 0.4) is 0 Å². The second-order valence-electron chi connectivity index (χ2n) is 5.87. The number of hydrogen-bond acceptors (Lipinski definition) is 4. The summed E-state index contributed by atoms with van der Waals surface area (Å²) in [5.74, 6) is -0.325. The third-order valence-electron chi connectivity index (χ3n) is 4.22. The van der Waals surface area contributed by atoms with Crippen LogP contribution in [0.1, 0.15) is 40.7 Å². The number of aryl methyl sites for hydroxylation is 2. The SMILES string of the molecule is CCOC(=O)c1nn(CCCc2ccc(Cl)cc2)c2c1CNCC2. The number of benzene rings is 1. The number of ether oxygens (including phenoxy) is 1. The lowest BCUT2D eigenvalue weighted by molar-refractivity contribution is 0.0517. The van der Waals surface area contributed by atoms with Gasteiger partial charge in [0.1, 0.15) is 0 Å². The van der Waals surface area contributed by atoms with Crippen LogP contribution in [-0.2, 0) is 30.7 Å². The lowest BCUT2D eigenvalue weighted by atomic mass is 10.1. The highest BCUT2D eigenvalue weighted by molar-refractivity contribution is 6.30. The number of carbonyl (C=O) groups excluding carboxylic acids is 1. The maximum absolute atomic E-state index is 12.1. The van der Waals surface area contributed by atoms with Gasteiger partial charge in [-0.25, -0.2) is 4.79 Å². The van der Waals surface area contributed by atoms with Crippen LogP contribution in [0.25, 0.3) is 0 Å². The summed E-state index contributed by atoms with van der Waals surface area (Å²) in [7, 11) is 0. The molecule has 5 nitrogen and oxygen atoms in total. The molecule has 0 atom stereocenters. The summed E-state index contributed by atoms with van der Waals surface area (Å²) >= 11 is 5.92. The Bertz CT molecular complexity index is 710. The van der Waals surface area contributed by atoms with E-state index in [1.54, 1.807) is 0 Å². The lowest BCUT2D eigenvalue weighted by Crippen LogP contribution is -2.25. The first-order valence-electron chi connectivity index (χ1n) is 8.40. The molecule has 1 aliphatic rings. The second kappa shape index (κ2) is 7.81. The topological polar surface area (TPSA) is 56.1 Å². The standard InChI is InChI=1S/C18H22ClN3O2/c1-2-24-18(23)17-15-12-20-10-9-16(15)22(21-17)11-3-4-13-5-7-14(19)8-6-13/h5-8,20H,2-4,9-12H2,1H3. The first-order chi connectivity index (χ1) is 11.7. The molecule has 128 valence electrons. The van der Waals surface area contributed by atoms with Gasteiger partial charge in [-0.2, -0.15) is 5.10 Å². The van der Waals surface area contributed by atoms with Gasteiger partial charge in [-0.3, -0.25) is 4.68 Å². The third kappa shape index (κ3) is 3.79. The van der Waals surface area contributed by atoms with Gasteiger partial charge in [0.25, 0.3) is 0 Å². The quantitative estimate of drug-likeness (QED) is 0.816. The summed E-state index contributed by atoms with van der Waals surface area (Å²) in [5, 5.41) is 8.60. The Balaban J connectivity index is 1.70. The van der Waals surface area contributed by atoms with Crippen molar-refractivity contribution in [3.63, 3.8) is 0 Å². The van der Waals surface area contributed by atoms with E-state index in [0.717, 1.165) is 48.6 Å². The molecule has 3 rings (SSSR count). The Morgan fingerprint density at radius 3 is 2.92 bits per heavy atom. The van der Waals surface area contributed by atoms with Crippen molar-refractivity contribution in [3.05, 3.63) is 51.8 Å². The zero-order chi connectivity index (χ0) is 16.9. The van der Waals surface area contributed by atoms with Crippen LogP contribution in [0, 0.1) is 0 Å². The van der Waals surface area contributed by atoms with Crippen molar-refractivity contribution < 1.29 is 9.53 Å². The molecule has 1 aromatic carbocycles. The zero-order valence-corrected chi connectivity index (χ0v) is 14.6. The van der Waals surface area contributed by atoms with Crippen LogP contribution in [0.5, 0.6) is 0 Å². The number of fused-ring (bicyclic) bond motifs is 1. The Morgan fingerprint density at radius 2 is 2.17 bits per heavy atom. The van der Waals surface area contributed by atoms with E-state index in [0.29, 0.717) is 18.8 Å². The molecule has 0 aliphatic carbocycles. The van der Waals surface area contributed by atoms with E-state index < -0.39 is 0 Å². The molecule has 1 aliphatic heterocycles. The van der Waals surface area contributed by atoms with Gasteiger partial charge in [-0.15, -0.1) is 0 Å². The lowest BCUT2D eigenvalue weighted by Gasteiger charge is -2.15. The minimum atomic E-state index is -0.325. The Labute approximate surface area is 147 Å². The number of halogens is 1. The maximum atomic E-state index is 12.1. The van der Waals surface area contributed by atoms with E-state index in [2.05, 4.69) is 22.5 Å². The molecular weight excluding hydrogens is 326 g/mol. The van der Waals surface area contributed by atoms with Crippen molar-refractivity contribution in [2.45, 2.75) is 39.3 Å². The first-order valence-corrected chi connectivity index (χ1v) is 8.77. The van der Waals surface area contributed by atoms with Gasteiger partial charge in [0, 0.05) is 42.3 Å². The molecule has 0 amide bonds. The number of rotatable bonds is 6. The first kappa shape index (κ1) is 17.0. The van der Waals surface area contributed by atoms with E-state index in [1.807, 2.05) is 23.7 Å². The molecule has 0 bridgehead atoms. The van der Waals surface area contributed by atoms with Gasteiger partial charge in [-0.05, 0) is 37.5 Å². The number of nitrogens with one attached hydrogen (secondary N) is 1. The van der Waals surface area contributed by atoms with E-state index in [9.17, 15) is 4.79 Å². The predicted molar refractivity (Wildman–Crippen MR) is 93.4 cm³/mol. The molecule has 0 radical (unpaired) electrons. The minimum Gasteiger partial charge on any atom is -0.461 e. The zero-order valence-electron chi connectivity index (χ0n) is 13.8. The largest absolute Gasteiger partial charge is 0.461 e. The molecule has 2 aromatic rings. The van der Waals surface area contributed by atoms with Crippen molar-refractivity contribution in [2.75, 3.05) is 13.2 Å². The maximum Gasteiger partial charge on any atom is 0.359 e. The molecule has 6 heteroatoms. The van der Waals surface area contributed by atoms with Crippen LogP contribution in [0.15, 0.2) is 24.3 Å². The van der Waals surface area contributed by atoms with Crippen LogP contribution in [-0.4, -0.2) is 28.9 Å². The fourth-order valence-corrected chi connectivity index (χ4v) is 3.18. The van der Waals surface area contributed by atoms with Crippen LogP contribution in [0.4, 0.5) is 0 Å². The number of esters is 1. The Kier molecular flexibility index (Phi) is 5.53. The van der Waals surface area contributed by atoms with Crippen molar-refractivity contribution in [1.29, 1.82) is 0 Å². The monoisotopic (exact) mass is 347 g/mol. The van der Waals surface area contributed by atoms with Gasteiger partial charge in [0.2, 0.25) is 0 Å². The fourth-order valence-electron chi connectivity index (χ4n) is 3.05. The van der Waals surface area contributed by atoms with Crippen LogP contribution < -0.4 is 5.32 Å². The Hall–Kier alpha value is -1.85. The molecule has 0 saturated heterocycles. The third-order valence-corrected chi connectivity index (χ3v) is 4.48. The smallest absolute Gasteiger partial charge is 0.359 e. The number of nitrogens with zero attached hydrogens (tertiary/aromatic N) is 2. The summed E-state index contributed by atoms with van der Waals surface area (Å²) in [6.07, 6.45) is 2.81. The summed E-state index contributed by atoms with van der Waals surface area (Å²) < 4.78 is 7.12. The number of aromatic nitrogens is 2. The molecule has 0 spiro atoms. The summed E-state index contributed by atoms with van der Waals surface area (Å²) in [5.41, 5.74) is 3.87. The molecular formula is C18H22ClN3O2. The van der Waals surface area contributed by atoms with Crippen molar-refractivity contribution in [2.24, 2.45) is 0 Å². The van der Waals surface area contributed by atoms with Gasteiger partial charge < -0.3 is 10.1 Å². The van der Waals surface area contributed by atoms with Gasteiger partial charge in [-0.1, -0.05) is 23.7 Å². The Morgan fingerprint density at radius 1 is 1.38 bits per heavy atom. The van der Waals surface area contributed by atoms with Crippen LogP contribution >= 0.6 is 11.6 Å². The number of carbonyl (C=O) groups is 1. The summed E-state index contributed by atoms with van der Waals surface area (Å²) in [4.78, 5) is 12.1. The molecule has 0 saturated carbocycles. The summed E-state index contributed by atoms with van der Waals surface area (Å²) in [6.45, 7) is 4.57. The van der Waals surface area contributed by atoms with Gasteiger partial charge in [0.05, 0.1) is 6.61 Å². The fraction of sp³-hybridized carbons (Fsp3) is 0.444. The average Bonchev–Trinajstić information content (AvgIpc) is 2.96. The second-order valence-corrected chi connectivity index (χ2v) is 6.31. The summed E-state index contributed by atoms with van der Waals surface area (Å²) in [6, 6.07) is 7.93. The predicted octanol–water partition coefficient (Wildman–Crippen LogP) is 2.99. The minimum absolute atomic E-state index is 0.325. The van der Waals surface area contributed by atoms with Gasteiger partial charge in [0.15, 0.2) is 5.69 Å². The molecule has 1 aromatic heterocycles. The highest BCUT2D eigenvalue weighted by atomic mass is 35.5. The van der Waals surface area contributed by atoms with Gasteiger partial charge >= 0.3 is 5.97 Å². The number of hydrogen-bond donors (Lipinski definition) is 1. The van der Waals surface area contributed by atoms with Crippen molar-refractivity contribution in [1.82, 2.24) is 15.1 Å². The molecule has 0 unspecified atom stereocenters. The van der Waals surface area contributed by atoms with Crippen molar-refractivity contribution >= 4 is 17.6 Å². The molecule has 24 heavy (non-hydrogen) atoms. The van der Waals surface area contributed by atoms with E-state index in [4.69, 9.17) is 16.3 Å². The van der Waals surface area contributed by atoms with Crippen LogP contribution in [0.2, 0.25) is 5.02 Å². The molecule has 0 fully saturated rings. The average molecular weight is 348 g/mol. The highest BCUT2D eigenvalue weighted by Gasteiger charge is 2.25.